The lowest BCUT2D eigenvalue weighted by Crippen LogP contribution is -2.43. The molecule has 1 aliphatic heterocycles. The molecule has 0 radical (unpaired) electrons. The largest absolute Gasteiger partial charge is 0.381 e. The van der Waals surface area contributed by atoms with E-state index < -0.39 is 0 Å². The van der Waals surface area contributed by atoms with Gasteiger partial charge in [-0.2, -0.15) is 15.2 Å². The summed E-state index contributed by atoms with van der Waals surface area (Å²) in [4.78, 5) is 37.6. The molecule has 0 unspecified atom stereocenters. The van der Waals surface area contributed by atoms with Gasteiger partial charge < -0.3 is 18.9 Å². The molecular formula is C48H38Br2Cl2N14O3S2. The van der Waals surface area contributed by atoms with Gasteiger partial charge in [0.05, 0.1) is 72.5 Å². The molecule has 7 heterocycles. The molecule has 0 atom stereocenters. The number of aliphatic imine (C=N–C) groups is 1. The van der Waals surface area contributed by atoms with Crippen molar-refractivity contribution >= 4 is 146 Å². The number of rotatable bonds is 6. The maximum atomic E-state index is 12.9. The summed E-state index contributed by atoms with van der Waals surface area (Å²) in [6.45, 7) is 2.00. The number of amides is 2. The molecular weight excluding hydrogens is 1120 g/mol. The molecule has 17 nitrogen and oxygen atoms in total. The van der Waals surface area contributed by atoms with E-state index in [1.54, 1.807) is 48.8 Å². The molecule has 0 aliphatic carbocycles. The summed E-state index contributed by atoms with van der Waals surface area (Å²) < 4.78 is 10.6. The Morgan fingerprint density at radius 3 is 1.75 bits per heavy atom. The number of aromatic nitrogens is 8. The molecule has 10 aromatic rings. The number of halogens is 4. The highest BCUT2D eigenvalue weighted by Crippen LogP contribution is 2.32. The molecule has 1 fully saturated rings. The normalized spacial score (nSPS) is 11.6. The van der Waals surface area contributed by atoms with Crippen LogP contribution in [-0.4, -0.2) is 74.5 Å². The average Bonchev–Trinajstić information content (AvgIpc) is 4.26. The zero-order valence-electron chi connectivity index (χ0n) is 36.8. The van der Waals surface area contributed by atoms with Crippen LogP contribution in [0.15, 0.2) is 148 Å². The lowest BCUT2D eigenvalue weighted by Gasteiger charge is -2.13. The van der Waals surface area contributed by atoms with Crippen LogP contribution in [-0.2, 0) is 4.74 Å². The number of hydrazine groups is 2. The van der Waals surface area contributed by atoms with Gasteiger partial charge in [0, 0.05) is 68.8 Å². The zero-order valence-corrected chi connectivity index (χ0v) is 43.1. The number of fused-ring (bicyclic) bond motifs is 4. The smallest absolute Gasteiger partial charge is 0.273 e. The second kappa shape index (κ2) is 23.8. The third kappa shape index (κ3) is 12.3. The van der Waals surface area contributed by atoms with Crippen LogP contribution in [0.4, 0.5) is 11.4 Å². The fourth-order valence-corrected chi connectivity index (χ4v) is 8.31. The Balaban J connectivity index is 0.000000149. The standard InChI is InChI=1S/C22H15BrClN7OS.C14H11BrN4O.C8H4ClN3S.C4H8O/c23-13-5-3-12(4-6-13)18-11-31-9-1-2-14(20(31)26-18)21(32)29-30-22(33)27-17-8-7-16-15(19(17)24)10-25-28-16;15-10-5-3-9(4-6-10)12-8-19-7-1-2-11(13(19)17-12)14(20)18-16;9-8-5-3-11-12-6(5)1-2-7(8)10-4-13;1-2-4-5-3-1/h1-11H,(H,25,28)(H,29,32)(H2,27,30,33);1-8H,16H2,(H,18,20);1-3H,(H,11,12);1-4H2. The van der Waals surface area contributed by atoms with Crippen LogP contribution in [0.5, 0.6) is 0 Å². The molecule has 1 saturated heterocycles. The molecule has 1 aliphatic rings. The van der Waals surface area contributed by atoms with Crippen LogP contribution in [0, 0.1) is 0 Å². The maximum Gasteiger partial charge on any atom is 0.273 e. The Bertz CT molecular complexity index is 3570. The van der Waals surface area contributed by atoms with E-state index in [0.717, 1.165) is 66.5 Å². The predicted molar refractivity (Wildman–Crippen MR) is 292 cm³/mol. The molecule has 0 bridgehead atoms. The number of benzene rings is 4. The average molecular weight is 1150 g/mol. The van der Waals surface area contributed by atoms with E-state index >= 15 is 0 Å². The molecule has 11 rings (SSSR count). The van der Waals surface area contributed by atoms with Crippen LogP contribution in [0.2, 0.25) is 10.0 Å². The fourth-order valence-electron chi connectivity index (χ4n) is 7.01. The molecule has 71 heavy (non-hydrogen) atoms. The van der Waals surface area contributed by atoms with Crippen LogP contribution < -0.4 is 27.4 Å². The second-order valence-electron chi connectivity index (χ2n) is 15.1. The Morgan fingerprint density at radius 2 is 1.24 bits per heavy atom. The number of nitrogens with two attached hydrogens (primary N) is 1. The number of H-pyrrole nitrogens is 2. The van der Waals surface area contributed by atoms with Crippen molar-refractivity contribution in [2.75, 3.05) is 18.5 Å². The van der Waals surface area contributed by atoms with Crippen molar-refractivity contribution < 1.29 is 14.3 Å². The quantitative estimate of drug-likeness (QED) is 0.0272. The van der Waals surface area contributed by atoms with Crippen LogP contribution in [0.25, 0.3) is 55.6 Å². The van der Waals surface area contributed by atoms with Gasteiger partial charge in [-0.3, -0.25) is 36.1 Å². The van der Waals surface area contributed by atoms with Crippen molar-refractivity contribution in [2.24, 2.45) is 10.8 Å². The van der Waals surface area contributed by atoms with Crippen molar-refractivity contribution in [3.05, 3.63) is 164 Å². The first-order chi connectivity index (χ1) is 34.5. The molecule has 6 aromatic heterocycles. The Kier molecular flexibility index (Phi) is 16.9. The summed E-state index contributed by atoms with van der Waals surface area (Å²) in [6.07, 6.45) is 13.3. The molecule has 23 heteroatoms. The summed E-state index contributed by atoms with van der Waals surface area (Å²) >= 11 is 29.1. The van der Waals surface area contributed by atoms with Crippen LogP contribution >= 0.6 is 79.5 Å². The van der Waals surface area contributed by atoms with Gasteiger partial charge in [0.1, 0.15) is 11.3 Å². The first kappa shape index (κ1) is 50.5. The first-order valence-electron chi connectivity index (χ1n) is 21.3. The number of isothiocyanates is 1. The van der Waals surface area contributed by atoms with Crippen molar-refractivity contribution in [2.45, 2.75) is 12.8 Å². The molecule has 2 amide bonds. The summed E-state index contributed by atoms with van der Waals surface area (Å²) in [5.74, 6) is 4.45. The van der Waals surface area contributed by atoms with Gasteiger partial charge in [0.25, 0.3) is 11.8 Å². The lowest BCUT2D eigenvalue weighted by atomic mass is 10.2. The number of aromatic amines is 2. The summed E-state index contributed by atoms with van der Waals surface area (Å²) in [5, 5.41) is 21.5. The number of hydrogen-bond donors (Lipinski definition) is 7. The number of thiocarbonyl (C=S) groups is 2. The Labute approximate surface area is 441 Å². The highest BCUT2D eigenvalue weighted by Gasteiger charge is 2.16. The minimum absolute atomic E-state index is 0.180. The van der Waals surface area contributed by atoms with Crippen LogP contribution in [0.1, 0.15) is 33.6 Å². The number of hydrogen-bond acceptors (Lipinski definition) is 11. The van der Waals surface area contributed by atoms with Gasteiger partial charge in [-0.15, -0.1) is 0 Å². The van der Waals surface area contributed by atoms with E-state index in [2.05, 4.69) is 106 Å². The minimum Gasteiger partial charge on any atom is -0.381 e. The first-order valence-corrected chi connectivity index (χ1v) is 24.4. The fraction of sp³-hybridized carbons (Fsp3) is 0.0833. The number of anilines is 1. The van der Waals surface area contributed by atoms with Gasteiger partial charge >= 0.3 is 0 Å². The monoisotopic (exact) mass is 1150 g/mol. The number of nitrogens with one attached hydrogen (secondary N) is 6. The number of imidazole rings is 2. The maximum absolute atomic E-state index is 12.9. The second-order valence-corrected chi connectivity index (χ2v) is 18.3. The number of pyridine rings is 2. The Hall–Kier alpha value is -6.91. The number of nitrogens with zero attached hydrogens (tertiary/aromatic N) is 7. The number of carbonyl (C=O) groups excluding carboxylic acids is 2. The van der Waals surface area contributed by atoms with Gasteiger partial charge in [-0.05, 0) is 110 Å². The molecule has 8 N–H and O–H groups in total. The minimum atomic E-state index is -0.380. The summed E-state index contributed by atoms with van der Waals surface area (Å²) in [5.41, 5.74) is 15.8. The van der Waals surface area contributed by atoms with Crippen molar-refractivity contribution in [1.29, 1.82) is 0 Å². The Morgan fingerprint density at radius 1 is 0.718 bits per heavy atom. The molecule has 0 spiro atoms. The third-order valence-corrected chi connectivity index (χ3v) is 12.7. The predicted octanol–water partition coefficient (Wildman–Crippen LogP) is 11.0. The number of nitrogen functional groups attached to an aromatic ring is 1. The van der Waals surface area contributed by atoms with E-state index in [4.69, 9.17) is 46.0 Å². The highest BCUT2D eigenvalue weighted by atomic mass is 79.9. The van der Waals surface area contributed by atoms with Crippen molar-refractivity contribution in [1.82, 2.24) is 55.4 Å². The van der Waals surface area contributed by atoms with Crippen molar-refractivity contribution in [3.8, 4) is 22.5 Å². The molecule has 0 saturated carbocycles. The summed E-state index contributed by atoms with van der Waals surface area (Å²) in [7, 11) is 0. The number of ether oxygens (including phenoxy) is 1. The third-order valence-electron chi connectivity index (χ3n) is 10.5. The van der Waals surface area contributed by atoms with E-state index in [1.807, 2.05) is 94.3 Å². The lowest BCUT2D eigenvalue weighted by molar-refractivity contribution is 0.0940. The summed E-state index contributed by atoms with van der Waals surface area (Å²) in [6, 6.07) is 29.8. The van der Waals surface area contributed by atoms with Gasteiger partial charge in [-0.25, -0.2) is 15.8 Å². The highest BCUT2D eigenvalue weighted by molar-refractivity contribution is 9.10. The zero-order chi connectivity index (χ0) is 49.9. The number of carbonyl (C=O) groups is 2. The topological polar surface area (TPSA) is 222 Å². The van der Waals surface area contributed by atoms with Crippen molar-refractivity contribution in [3.63, 3.8) is 0 Å². The van der Waals surface area contributed by atoms with E-state index in [1.165, 1.54) is 12.8 Å². The van der Waals surface area contributed by atoms with Gasteiger partial charge in [0.2, 0.25) is 0 Å². The van der Waals surface area contributed by atoms with E-state index in [-0.39, 0.29) is 16.9 Å². The van der Waals surface area contributed by atoms with Gasteiger partial charge in [0.15, 0.2) is 5.11 Å². The molecule has 358 valence electrons. The van der Waals surface area contributed by atoms with E-state index in [9.17, 15) is 9.59 Å². The van der Waals surface area contributed by atoms with E-state index in [0.29, 0.717) is 43.8 Å². The SMILES string of the molecule is C1CCOC1.NNC(=O)c1cccn2cc(-c3ccc(Br)cc3)nc12.O=C(NNC(=S)Nc1ccc2[nH]ncc2c1Cl)c1cccn2cc(-c3ccc(Br)cc3)nc12.S=C=Nc1ccc2[nH]ncc2c1Cl. The van der Waals surface area contributed by atoms with Gasteiger partial charge in [-0.1, -0.05) is 79.3 Å². The molecule has 4 aromatic carbocycles. The van der Waals surface area contributed by atoms with Crippen LogP contribution in [0.3, 0.4) is 0 Å².